The number of guanidine groups is 1. The Labute approximate surface area is 193 Å². The molecular weight excluding hydrogens is 512 g/mol. The number of alkyl halides is 3. The highest BCUT2D eigenvalue weighted by molar-refractivity contribution is 14.0. The van der Waals surface area contributed by atoms with E-state index in [9.17, 15) is 18.0 Å². The number of halogens is 4. The Morgan fingerprint density at radius 2 is 1.83 bits per heavy atom. The molecule has 0 heterocycles. The molecule has 0 saturated heterocycles. The molecule has 0 saturated carbocycles. The van der Waals surface area contributed by atoms with E-state index in [4.69, 9.17) is 4.74 Å². The zero-order chi connectivity index (χ0) is 22.1. The van der Waals surface area contributed by atoms with Crippen LogP contribution in [-0.2, 0) is 22.7 Å². The fourth-order valence-electron chi connectivity index (χ4n) is 2.49. The second kappa shape index (κ2) is 13.0. The Morgan fingerprint density at radius 1 is 1.20 bits per heavy atom. The van der Waals surface area contributed by atoms with Crippen molar-refractivity contribution in [3.63, 3.8) is 0 Å². The van der Waals surface area contributed by atoms with E-state index in [1.807, 2.05) is 33.8 Å². The number of benzene rings is 1. The number of aliphatic imine (C=N–C) groups is 1. The number of carbonyl (C=O) groups is 1. The molecule has 1 rings (SSSR count). The number of carbonyl (C=O) groups excluding carboxylic acids is 1. The lowest BCUT2D eigenvalue weighted by Crippen LogP contribution is -2.48. The van der Waals surface area contributed by atoms with Crippen LogP contribution in [0.25, 0.3) is 0 Å². The zero-order valence-corrected chi connectivity index (χ0v) is 20.4. The summed E-state index contributed by atoms with van der Waals surface area (Å²) in [7, 11) is 1.77. The van der Waals surface area contributed by atoms with Gasteiger partial charge in [0.2, 0.25) is 5.91 Å². The summed E-state index contributed by atoms with van der Waals surface area (Å²) in [6, 6.07) is 7.06. The molecule has 0 fully saturated rings. The number of amides is 1. The molecule has 1 amide bonds. The smallest absolute Gasteiger partial charge is 0.367 e. The van der Waals surface area contributed by atoms with Gasteiger partial charge in [0, 0.05) is 19.1 Å². The third-order valence-corrected chi connectivity index (χ3v) is 3.53. The van der Waals surface area contributed by atoms with Gasteiger partial charge in [-0.25, -0.2) is 4.99 Å². The fraction of sp³-hybridized carbons (Fsp3) is 0.600. The summed E-state index contributed by atoms with van der Waals surface area (Å²) in [5.41, 5.74) is 1.16. The molecule has 30 heavy (non-hydrogen) atoms. The van der Waals surface area contributed by atoms with E-state index in [1.54, 1.807) is 30.1 Å². The molecule has 0 spiro atoms. The number of nitrogens with zero attached hydrogens (tertiary/aromatic N) is 2. The van der Waals surface area contributed by atoms with E-state index < -0.39 is 12.8 Å². The Bertz CT molecular complexity index is 691. The van der Waals surface area contributed by atoms with Gasteiger partial charge in [-0.15, -0.1) is 24.0 Å². The van der Waals surface area contributed by atoms with Gasteiger partial charge in [0.1, 0.15) is 6.61 Å². The number of likely N-dealkylation sites (N-methyl/N-ethyl adjacent to an activating group) is 1. The summed E-state index contributed by atoms with van der Waals surface area (Å²) in [5.74, 6) is 0.449. The number of nitrogens with one attached hydrogen (secondary N) is 2. The molecule has 0 bridgehead atoms. The highest BCUT2D eigenvalue weighted by Crippen LogP contribution is 2.16. The summed E-state index contributed by atoms with van der Waals surface area (Å²) in [5, 5.41) is 6.03. The molecule has 0 radical (unpaired) electrons. The van der Waals surface area contributed by atoms with Gasteiger partial charge < -0.3 is 20.3 Å². The molecule has 10 heteroatoms. The highest BCUT2D eigenvalue weighted by Gasteiger charge is 2.27. The first-order valence-electron chi connectivity index (χ1n) is 9.42. The van der Waals surface area contributed by atoms with Crippen molar-refractivity contribution in [2.75, 3.05) is 26.7 Å². The molecule has 1 aromatic carbocycles. The molecule has 0 aromatic heterocycles. The van der Waals surface area contributed by atoms with Gasteiger partial charge in [0.25, 0.3) is 0 Å². The van der Waals surface area contributed by atoms with Crippen LogP contribution in [0.3, 0.4) is 0 Å². The molecule has 0 aliphatic rings. The number of hydrogen-bond acceptors (Lipinski definition) is 3. The Kier molecular flexibility index (Phi) is 12.3. The predicted octanol–water partition coefficient (Wildman–Crippen LogP) is 3.70. The summed E-state index contributed by atoms with van der Waals surface area (Å²) in [4.78, 5) is 18.4. The first-order valence-corrected chi connectivity index (χ1v) is 9.42. The third kappa shape index (κ3) is 12.9. The zero-order valence-electron chi connectivity index (χ0n) is 18.1. The monoisotopic (exact) mass is 544 g/mol. The van der Waals surface area contributed by atoms with Crippen LogP contribution in [0, 0.1) is 0 Å². The summed E-state index contributed by atoms with van der Waals surface area (Å²) < 4.78 is 41.3. The SMILES string of the molecule is CCNC(=NCc1cccc(COCC(F)(F)F)c1)N(C)CC(=O)NC(C)(C)C.I. The van der Waals surface area contributed by atoms with Gasteiger partial charge in [0.05, 0.1) is 19.7 Å². The van der Waals surface area contributed by atoms with Crippen LogP contribution in [0.5, 0.6) is 0 Å². The van der Waals surface area contributed by atoms with Crippen LogP contribution in [0.15, 0.2) is 29.3 Å². The second-order valence-electron chi connectivity index (χ2n) is 7.75. The molecule has 0 atom stereocenters. The third-order valence-electron chi connectivity index (χ3n) is 3.53. The fourth-order valence-corrected chi connectivity index (χ4v) is 2.49. The number of hydrogen-bond donors (Lipinski definition) is 2. The van der Waals surface area contributed by atoms with Crippen molar-refractivity contribution in [2.24, 2.45) is 4.99 Å². The van der Waals surface area contributed by atoms with Gasteiger partial charge in [-0.3, -0.25) is 4.79 Å². The average molecular weight is 544 g/mol. The minimum absolute atomic E-state index is 0. The Balaban J connectivity index is 0.00000841. The van der Waals surface area contributed by atoms with Gasteiger partial charge in [0.15, 0.2) is 5.96 Å². The second-order valence-corrected chi connectivity index (χ2v) is 7.75. The molecule has 2 N–H and O–H groups in total. The largest absolute Gasteiger partial charge is 0.411 e. The summed E-state index contributed by atoms with van der Waals surface area (Å²) in [6.45, 7) is 7.37. The van der Waals surface area contributed by atoms with Crippen molar-refractivity contribution >= 4 is 35.8 Å². The van der Waals surface area contributed by atoms with E-state index in [-0.39, 0.29) is 48.6 Å². The predicted molar refractivity (Wildman–Crippen MR) is 123 cm³/mol. The van der Waals surface area contributed by atoms with E-state index >= 15 is 0 Å². The van der Waals surface area contributed by atoms with Crippen molar-refractivity contribution in [3.05, 3.63) is 35.4 Å². The molecule has 1 aromatic rings. The summed E-state index contributed by atoms with van der Waals surface area (Å²) in [6.07, 6.45) is -4.34. The van der Waals surface area contributed by atoms with Crippen LogP contribution >= 0.6 is 24.0 Å². The lowest BCUT2D eigenvalue weighted by Gasteiger charge is -2.25. The van der Waals surface area contributed by atoms with Gasteiger partial charge in [-0.2, -0.15) is 13.2 Å². The quantitative estimate of drug-likeness (QED) is 0.298. The van der Waals surface area contributed by atoms with Crippen molar-refractivity contribution in [1.82, 2.24) is 15.5 Å². The molecular formula is C20H32F3IN4O2. The highest BCUT2D eigenvalue weighted by atomic mass is 127. The lowest BCUT2D eigenvalue weighted by atomic mass is 10.1. The van der Waals surface area contributed by atoms with E-state index in [0.29, 0.717) is 24.6 Å². The van der Waals surface area contributed by atoms with Crippen molar-refractivity contribution in [2.45, 2.75) is 52.6 Å². The van der Waals surface area contributed by atoms with Crippen LogP contribution in [0.1, 0.15) is 38.8 Å². The van der Waals surface area contributed by atoms with Crippen LogP contribution in [0.2, 0.25) is 0 Å². The van der Waals surface area contributed by atoms with Gasteiger partial charge in [-0.1, -0.05) is 24.3 Å². The molecule has 172 valence electrons. The van der Waals surface area contributed by atoms with Crippen LogP contribution in [-0.4, -0.2) is 55.2 Å². The topological polar surface area (TPSA) is 66.0 Å². The molecule has 0 unspecified atom stereocenters. The van der Waals surface area contributed by atoms with Gasteiger partial charge >= 0.3 is 6.18 Å². The van der Waals surface area contributed by atoms with Crippen LogP contribution < -0.4 is 10.6 Å². The van der Waals surface area contributed by atoms with Crippen molar-refractivity contribution in [3.8, 4) is 0 Å². The molecule has 6 nitrogen and oxygen atoms in total. The molecule has 0 aliphatic carbocycles. The van der Waals surface area contributed by atoms with E-state index in [0.717, 1.165) is 5.56 Å². The summed E-state index contributed by atoms with van der Waals surface area (Å²) >= 11 is 0. The van der Waals surface area contributed by atoms with E-state index in [1.165, 1.54) is 0 Å². The maximum absolute atomic E-state index is 12.2. The maximum Gasteiger partial charge on any atom is 0.411 e. The Hall–Kier alpha value is -1.56. The van der Waals surface area contributed by atoms with Crippen LogP contribution in [0.4, 0.5) is 13.2 Å². The molecule has 0 aliphatic heterocycles. The normalized spacial score (nSPS) is 12.2. The van der Waals surface area contributed by atoms with Gasteiger partial charge in [-0.05, 0) is 38.8 Å². The van der Waals surface area contributed by atoms with E-state index in [2.05, 4.69) is 15.6 Å². The standard InChI is InChI=1S/C20H31F3N4O2.HI/c1-6-24-18(27(5)12-17(28)26-19(2,3)4)25-11-15-8-7-9-16(10-15)13-29-14-20(21,22)23;/h7-10H,6,11-14H2,1-5H3,(H,24,25)(H,26,28);1H. The first kappa shape index (κ1) is 28.4. The minimum Gasteiger partial charge on any atom is -0.367 e. The van der Waals surface area contributed by atoms with Crippen molar-refractivity contribution < 1.29 is 22.7 Å². The first-order chi connectivity index (χ1) is 13.4. The Morgan fingerprint density at radius 3 is 2.40 bits per heavy atom. The maximum atomic E-state index is 12.2. The average Bonchev–Trinajstić information content (AvgIpc) is 2.56. The minimum atomic E-state index is -4.34. The lowest BCUT2D eigenvalue weighted by molar-refractivity contribution is -0.176. The van der Waals surface area contributed by atoms with Crippen molar-refractivity contribution in [1.29, 1.82) is 0 Å². The number of rotatable bonds is 8. The number of ether oxygens (including phenoxy) is 1.